The summed E-state index contributed by atoms with van der Waals surface area (Å²) in [6.07, 6.45) is 1.44. The summed E-state index contributed by atoms with van der Waals surface area (Å²) in [5.74, 6) is 0.832. The fourth-order valence-corrected chi connectivity index (χ4v) is 3.38. The van der Waals surface area contributed by atoms with E-state index in [0.29, 0.717) is 11.5 Å². The van der Waals surface area contributed by atoms with Gasteiger partial charge in [-0.3, -0.25) is 10.2 Å². The van der Waals surface area contributed by atoms with Crippen molar-refractivity contribution in [3.8, 4) is 0 Å². The van der Waals surface area contributed by atoms with Gasteiger partial charge in [-0.2, -0.15) is 0 Å². The van der Waals surface area contributed by atoms with E-state index in [9.17, 15) is 9.18 Å². The number of rotatable bonds is 5. The van der Waals surface area contributed by atoms with Crippen molar-refractivity contribution in [2.45, 2.75) is 6.54 Å². The number of aromatic nitrogens is 2. The van der Waals surface area contributed by atoms with Crippen LogP contribution >= 0.6 is 0 Å². The minimum absolute atomic E-state index is 0.356. The number of benzene rings is 2. The number of hydrogen-bond donors (Lipinski definition) is 2. The van der Waals surface area contributed by atoms with Crippen LogP contribution in [0.5, 0.6) is 0 Å². The lowest BCUT2D eigenvalue weighted by molar-refractivity contribution is 0.249. The molecule has 7 nitrogen and oxygen atoms in total. The predicted octanol–water partition coefficient (Wildman–Crippen LogP) is 3.58. The lowest BCUT2D eigenvalue weighted by Crippen LogP contribution is -2.46. The summed E-state index contributed by atoms with van der Waals surface area (Å²) in [7, 11) is 0. The maximum atomic E-state index is 13.0. The molecule has 0 saturated carbocycles. The van der Waals surface area contributed by atoms with E-state index in [2.05, 4.69) is 54.7 Å². The Morgan fingerprint density at radius 3 is 2.40 bits per heavy atom. The molecule has 0 bridgehead atoms. The average Bonchev–Trinajstić information content (AvgIpc) is 2.77. The van der Waals surface area contributed by atoms with Gasteiger partial charge in [-0.1, -0.05) is 30.3 Å². The molecule has 8 heteroatoms. The normalized spacial score (nSPS) is 14.4. The topological polar surface area (TPSA) is 73.4 Å². The highest BCUT2D eigenvalue weighted by Gasteiger charge is 2.19. The van der Waals surface area contributed by atoms with Gasteiger partial charge >= 0.3 is 6.03 Å². The first kappa shape index (κ1) is 19.8. The standard InChI is InChI=1S/C22H23FN6O/c23-18-6-8-19(9-7-18)26-22(30)27-20-14-21(25-16-24-20)29-12-10-28(11-13-29)15-17-4-2-1-3-5-17/h1-9,14,16H,10-13,15H2,(H2,24,25,26,27,30). The molecular formula is C22H23FN6O. The van der Waals surface area contributed by atoms with Crippen LogP contribution < -0.4 is 15.5 Å². The third kappa shape index (κ3) is 5.30. The van der Waals surface area contributed by atoms with Crippen LogP contribution in [0.1, 0.15) is 5.56 Å². The Balaban J connectivity index is 1.31. The van der Waals surface area contributed by atoms with E-state index in [1.165, 1.54) is 36.2 Å². The number of anilines is 3. The number of urea groups is 1. The molecule has 2 heterocycles. The maximum absolute atomic E-state index is 13.0. The van der Waals surface area contributed by atoms with Gasteiger partial charge in [-0.05, 0) is 29.8 Å². The molecule has 4 rings (SSSR count). The molecule has 154 valence electrons. The third-order valence-electron chi connectivity index (χ3n) is 4.94. The Kier molecular flexibility index (Phi) is 6.14. The molecule has 0 unspecified atom stereocenters. The van der Waals surface area contributed by atoms with Gasteiger partial charge in [-0.25, -0.2) is 19.2 Å². The van der Waals surface area contributed by atoms with Crippen molar-refractivity contribution in [3.63, 3.8) is 0 Å². The van der Waals surface area contributed by atoms with Crippen molar-refractivity contribution >= 4 is 23.4 Å². The molecule has 30 heavy (non-hydrogen) atoms. The molecule has 1 saturated heterocycles. The summed E-state index contributed by atoms with van der Waals surface area (Å²) in [4.78, 5) is 25.3. The number of carbonyl (C=O) groups is 1. The number of carbonyl (C=O) groups excluding carboxylic acids is 1. The average molecular weight is 406 g/mol. The monoisotopic (exact) mass is 406 g/mol. The van der Waals surface area contributed by atoms with Crippen LogP contribution in [0.3, 0.4) is 0 Å². The van der Waals surface area contributed by atoms with Crippen LogP contribution in [0.15, 0.2) is 67.0 Å². The number of halogens is 1. The first-order valence-electron chi connectivity index (χ1n) is 9.82. The van der Waals surface area contributed by atoms with Gasteiger partial charge in [0.2, 0.25) is 0 Å². The van der Waals surface area contributed by atoms with Crippen molar-refractivity contribution in [1.29, 1.82) is 0 Å². The SMILES string of the molecule is O=C(Nc1ccc(F)cc1)Nc1cc(N2CCN(Cc3ccccc3)CC2)ncn1. The number of nitrogens with zero attached hydrogens (tertiary/aromatic N) is 4. The maximum Gasteiger partial charge on any atom is 0.324 e. The summed E-state index contributed by atoms with van der Waals surface area (Å²) < 4.78 is 13.0. The number of piperazine rings is 1. The molecule has 1 aromatic heterocycles. The van der Waals surface area contributed by atoms with E-state index in [1.54, 1.807) is 6.07 Å². The Bertz CT molecular complexity index is 974. The van der Waals surface area contributed by atoms with E-state index in [0.717, 1.165) is 38.5 Å². The molecule has 3 aromatic rings. The van der Waals surface area contributed by atoms with Crippen LogP contribution in [0.4, 0.5) is 26.5 Å². The van der Waals surface area contributed by atoms with E-state index < -0.39 is 6.03 Å². The second kappa shape index (κ2) is 9.32. The summed E-state index contributed by atoms with van der Waals surface area (Å²) in [5.41, 5.74) is 1.81. The molecule has 0 aliphatic carbocycles. The first-order valence-corrected chi connectivity index (χ1v) is 9.82. The third-order valence-corrected chi connectivity index (χ3v) is 4.94. The Hall–Kier alpha value is -3.52. The highest BCUT2D eigenvalue weighted by Crippen LogP contribution is 2.18. The van der Waals surface area contributed by atoms with E-state index in [1.807, 2.05) is 6.07 Å². The summed E-state index contributed by atoms with van der Waals surface area (Å²) in [5, 5.41) is 5.34. The molecule has 0 radical (unpaired) electrons. The van der Waals surface area contributed by atoms with Crippen molar-refractivity contribution in [3.05, 3.63) is 78.4 Å². The Morgan fingerprint density at radius 1 is 0.933 bits per heavy atom. The second-order valence-corrected chi connectivity index (χ2v) is 7.10. The molecule has 1 fully saturated rings. The van der Waals surface area contributed by atoms with Crippen LogP contribution in [0, 0.1) is 5.82 Å². The molecule has 0 atom stereocenters. The van der Waals surface area contributed by atoms with E-state index >= 15 is 0 Å². The van der Waals surface area contributed by atoms with E-state index in [-0.39, 0.29) is 5.82 Å². The van der Waals surface area contributed by atoms with Crippen molar-refractivity contribution in [1.82, 2.24) is 14.9 Å². The molecule has 2 N–H and O–H groups in total. The smallest absolute Gasteiger partial charge is 0.324 e. The lowest BCUT2D eigenvalue weighted by Gasteiger charge is -2.35. The summed E-state index contributed by atoms with van der Waals surface area (Å²) in [6, 6.07) is 17.3. The first-order chi connectivity index (χ1) is 14.7. The fourth-order valence-electron chi connectivity index (χ4n) is 3.38. The molecule has 1 aliphatic rings. The van der Waals surface area contributed by atoms with Gasteiger partial charge in [0.15, 0.2) is 0 Å². The molecule has 2 aromatic carbocycles. The number of amides is 2. The largest absolute Gasteiger partial charge is 0.354 e. The van der Waals surface area contributed by atoms with Crippen molar-refractivity contribution in [2.24, 2.45) is 0 Å². The predicted molar refractivity (Wildman–Crippen MR) is 115 cm³/mol. The van der Waals surface area contributed by atoms with Crippen LogP contribution in [-0.2, 0) is 6.54 Å². The van der Waals surface area contributed by atoms with Gasteiger partial charge < -0.3 is 10.2 Å². The summed E-state index contributed by atoms with van der Waals surface area (Å²) >= 11 is 0. The van der Waals surface area contributed by atoms with Gasteiger partial charge in [-0.15, -0.1) is 0 Å². The molecular weight excluding hydrogens is 383 g/mol. The van der Waals surface area contributed by atoms with Crippen molar-refractivity contribution in [2.75, 3.05) is 41.7 Å². The Labute approximate surface area is 174 Å². The van der Waals surface area contributed by atoms with Crippen LogP contribution in [0.25, 0.3) is 0 Å². The fraction of sp³-hybridized carbons (Fsp3) is 0.227. The minimum Gasteiger partial charge on any atom is -0.354 e. The Morgan fingerprint density at radius 2 is 1.67 bits per heavy atom. The zero-order chi connectivity index (χ0) is 20.8. The zero-order valence-corrected chi connectivity index (χ0v) is 16.5. The van der Waals surface area contributed by atoms with E-state index in [4.69, 9.17) is 0 Å². The van der Waals surface area contributed by atoms with Gasteiger partial charge in [0, 0.05) is 44.5 Å². The van der Waals surface area contributed by atoms with Crippen molar-refractivity contribution < 1.29 is 9.18 Å². The quantitative estimate of drug-likeness (QED) is 0.678. The molecule has 0 spiro atoms. The number of hydrogen-bond acceptors (Lipinski definition) is 5. The summed E-state index contributed by atoms with van der Waals surface area (Å²) in [6.45, 7) is 4.52. The minimum atomic E-state index is -0.445. The highest BCUT2D eigenvalue weighted by molar-refractivity contribution is 5.99. The van der Waals surface area contributed by atoms with Gasteiger partial charge in [0.05, 0.1) is 0 Å². The molecule has 2 amide bonds. The lowest BCUT2D eigenvalue weighted by atomic mass is 10.2. The number of nitrogens with one attached hydrogen (secondary N) is 2. The van der Waals surface area contributed by atoms with Gasteiger partial charge in [0.25, 0.3) is 0 Å². The second-order valence-electron chi connectivity index (χ2n) is 7.10. The van der Waals surface area contributed by atoms with Crippen LogP contribution in [0.2, 0.25) is 0 Å². The highest BCUT2D eigenvalue weighted by atomic mass is 19.1. The van der Waals surface area contributed by atoms with Crippen LogP contribution in [-0.4, -0.2) is 47.1 Å². The molecule has 1 aliphatic heterocycles. The zero-order valence-electron chi connectivity index (χ0n) is 16.5. The van der Waals surface area contributed by atoms with Gasteiger partial charge in [0.1, 0.15) is 23.8 Å².